The molecule has 0 aliphatic carbocycles. The molecular weight excluding hydrogens is 452 g/mol. The highest BCUT2D eigenvalue weighted by molar-refractivity contribution is 7.17. The molecule has 1 amide bonds. The molecule has 0 saturated heterocycles. The Morgan fingerprint density at radius 2 is 1.82 bits per heavy atom. The molecule has 7 nitrogen and oxygen atoms in total. The number of rotatable bonds is 9. The zero-order valence-corrected chi connectivity index (χ0v) is 20.1. The van der Waals surface area contributed by atoms with Crippen molar-refractivity contribution >= 4 is 23.0 Å². The van der Waals surface area contributed by atoms with E-state index in [-0.39, 0.29) is 5.57 Å². The van der Waals surface area contributed by atoms with Crippen LogP contribution in [0, 0.1) is 6.92 Å². The predicted molar refractivity (Wildman–Crippen MR) is 130 cm³/mol. The van der Waals surface area contributed by atoms with Crippen molar-refractivity contribution in [1.82, 2.24) is 9.88 Å². The highest BCUT2D eigenvalue weighted by Gasteiger charge is 2.44. The van der Waals surface area contributed by atoms with E-state index < -0.39 is 23.5 Å². The number of methoxy groups -OCH3 is 2. The van der Waals surface area contributed by atoms with Crippen molar-refractivity contribution in [2.24, 2.45) is 0 Å². The summed E-state index contributed by atoms with van der Waals surface area (Å²) in [6.45, 7) is 2.56. The van der Waals surface area contributed by atoms with E-state index in [0.717, 1.165) is 5.56 Å². The van der Waals surface area contributed by atoms with Gasteiger partial charge in [0.05, 0.1) is 29.3 Å². The SMILES string of the molecule is COCCCN1C(=O)C(O)=C(C(=O)c2sc(-c3ccccc3)nc2C)C1c1ccc(OC)cc1. The van der Waals surface area contributed by atoms with Gasteiger partial charge in [-0.1, -0.05) is 42.5 Å². The second-order valence-electron chi connectivity index (χ2n) is 7.91. The summed E-state index contributed by atoms with van der Waals surface area (Å²) in [7, 11) is 3.16. The summed E-state index contributed by atoms with van der Waals surface area (Å²) in [4.78, 5) is 33.3. The summed E-state index contributed by atoms with van der Waals surface area (Å²) in [6.07, 6.45) is 0.571. The number of benzene rings is 2. The number of amides is 1. The van der Waals surface area contributed by atoms with Gasteiger partial charge in [-0.3, -0.25) is 9.59 Å². The third-order valence-corrected chi connectivity index (χ3v) is 6.96. The number of Topliss-reactive ketones (excluding diaryl/α,β-unsaturated/α-hetero) is 1. The second-order valence-corrected chi connectivity index (χ2v) is 8.91. The fraction of sp³-hybridized carbons (Fsp3) is 0.269. The molecule has 2 heterocycles. The highest BCUT2D eigenvalue weighted by atomic mass is 32.1. The summed E-state index contributed by atoms with van der Waals surface area (Å²) < 4.78 is 10.4. The van der Waals surface area contributed by atoms with Crippen LogP contribution in [-0.2, 0) is 9.53 Å². The molecule has 176 valence electrons. The smallest absolute Gasteiger partial charge is 0.290 e. The third kappa shape index (κ3) is 4.47. The maximum Gasteiger partial charge on any atom is 0.290 e. The van der Waals surface area contributed by atoms with Gasteiger partial charge < -0.3 is 19.5 Å². The van der Waals surface area contributed by atoms with Crippen LogP contribution in [0.3, 0.4) is 0 Å². The Bertz CT molecular complexity index is 1220. The lowest BCUT2D eigenvalue weighted by atomic mass is 9.95. The molecular formula is C26H26N2O5S. The Balaban J connectivity index is 1.75. The lowest BCUT2D eigenvalue weighted by Crippen LogP contribution is -2.32. The molecule has 34 heavy (non-hydrogen) atoms. The second kappa shape index (κ2) is 10.2. The van der Waals surface area contributed by atoms with Crippen molar-refractivity contribution in [3.63, 3.8) is 0 Å². The molecule has 8 heteroatoms. The average Bonchev–Trinajstić information content (AvgIpc) is 3.37. The fourth-order valence-corrected chi connectivity index (χ4v) is 5.09. The minimum Gasteiger partial charge on any atom is -0.503 e. The van der Waals surface area contributed by atoms with Gasteiger partial charge in [0.15, 0.2) is 5.76 Å². The number of carbonyl (C=O) groups is 2. The van der Waals surface area contributed by atoms with Gasteiger partial charge in [-0.05, 0) is 31.0 Å². The Morgan fingerprint density at radius 3 is 2.47 bits per heavy atom. The van der Waals surface area contributed by atoms with Gasteiger partial charge in [0.1, 0.15) is 10.8 Å². The molecule has 1 aromatic heterocycles. The van der Waals surface area contributed by atoms with E-state index in [2.05, 4.69) is 4.98 Å². The molecule has 2 aromatic carbocycles. The van der Waals surface area contributed by atoms with E-state index in [0.29, 0.717) is 46.5 Å². The number of aliphatic hydroxyl groups excluding tert-OH is 1. The van der Waals surface area contributed by atoms with Crippen LogP contribution in [0.15, 0.2) is 65.9 Å². The number of thiazole rings is 1. The number of ketones is 1. The maximum absolute atomic E-state index is 13.8. The summed E-state index contributed by atoms with van der Waals surface area (Å²) in [5.41, 5.74) is 2.25. The third-order valence-electron chi connectivity index (χ3n) is 5.75. The van der Waals surface area contributed by atoms with Crippen molar-refractivity contribution in [2.45, 2.75) is 19.4 Å². The molecule has 3 aromatic rings. The van der Waals surface area contributed by atoms with Gasteiger partial charge in [-0.25, -0.2) is 4.98 Å². The van der Waals surface area contributed by atoms with Gasteiger partial charge in [-0.15, -0.1) is 11.3 Å². The lowest BCUT2D eigenvalue weighted by Gasteiger charge is -2.26. The minimum atomic E-state index is -0.718. The lowest BCUT2D eigenvalue weighted by molar-refractivity contribution is -0.129. The van der Waals surface area contributed by atoms with Gasteiger partial charge in [0.25, 0.3) is 5.91 Å². The number of aryl methyl sites for hydroxylation is 1. The van der Waals surface area contributed by atoms with Gasteiger partial charge in [-0.2, -0.15) is 0 Å². The van der Waals surface area contributed by atoms with Crippen LogP contribution in [0.1, 0.15) is 33.4 Å². The summed E-state index contributed by atoms with van der Waals surface area (Å²) in [6, 6.07) is 16.0. The molecule has 1 aliphatic rings. The Hall–Kier alpha value is -3.49. The largest absolute Gasteiger partial charge is 0.503 e. The first-order valence-corrected chi connectivity index (χ1v) is 11.7. The average molecular weight is 479 g/mol. The van der Waals surface area contributed by atoms with Crippen LogP contribution in [0.25, 0.3) is 10.6 Å². The summed E-state index contributed by atoms with van der Waals surface area (Å²) >= 11 is 1.26. The number of aliphatic hydroxyl groups is 1. The molecule has 4 rings (SSSR count). The number of hydrogen-bond donors (Lipinski definition) is 1. The van der Waals surface area contributed by atoms with Crippen LogP contribution in [0.4, 0.5) is 0 Å². The van der Waals surface area contributed by atoms with E-state index in [1.54, 1.807) is 45.4 Å². The molecule has 0 radical (unpaired) electrons. The van der Waals surface area contributed by atoms with Crippen LogP contribution in [0.2, 0.25) is 0 Å². The topological polar surface area (TPSA) is 89.0 Å². The first-order chi connectivity index (χ1) is 16.5. The van der Waals surface area contributed by atoms with Gasteiger partial charge >= 0.3 is 0 Å². The van der Waals surface area contributed by atoms with Crippen LogP contribution in [-0.4, -0.2) is 54.1 Å². The molecule has 1 unspecified atom stereocenters. The fourth-order valence-electron chi connectivity index (χ4n) is 4.06. The molecule has 0 spiro atoms. The minimum absolute atomic E-state index is 0.0685. The van der Waals surface area contributed by atoms with Crippen molar-refractivity contribution < 1.29 is 24.2 Å². The number of carbonyl (C=O) groups excluding carboxylic acids is 2. The molecule has 1 N–H and O–H groups in total. The number of ether oxygens (including phenoxy) is 2. The van der Waals surface area contributed by atoms with Crippen molar-refractivity contribution in [3.05, 3.63) is 82.1 Å². The molecule has 0 fully saturated rings. The quantitative estimate of drug-likeness (QED) is 0.353. The number of hydrogen-bond acceptors (Lipinski definition) is 7. The van der Waals surface area contributed by atoms with Crippen LogP contribution < -0.4 is 4.74 Å². The molecule has 1 atom stereocenters. The van der Waals surface area contributed by atoms with E-state index >= 15 is 0 Å². The zero-order valence-electron chi connectivity index (χ0n) is 19.3. The Kier molecular flexibility index (Phi) is 7.09. The first-order valence-electron chi connectivity index (χ1n) is 10.9. The maximum atomic E-state index is 13.8. The summed E-state index contributed by atoms with van der Waals surface area (Å²) in [5.74, 6) is -0.813. The molecule has 0 bridgehead atoms. The van der Waals surface area contributed by atoms with Crippen molar-refractivity contribution in [2.75, 3.05) is 27.4 Å². The standard InChI is InChI=1S/C26H26N2O5S/c1-16-24(34-25(27-16)18-8-5-4-6-9-18)22(29)20-21(17-10-12-19(33-3)13-11-17)28(14-7-15-32-2)26(31)23(20)30/h4-6,8-13,21,30H,7,14-15H2,1-3H3. The predicted octanol–water partition coefficient (Wildman–Crippen LogP) is 4.74. The van der Waals surface area contributed by atoms with E-state index in [4.69, 9.17) is 9.47 Å². The van der Waals surface area contributed by atoms with Crippen LogP contribution >= 0.6 is 11.3 Å². The monoisotopic (exact) mass is 478 g/mol. The summed E-state index contributed by atoms with van der Waals surface area (Å²) in [5, 5.41) is 11.6. The zero-order chi connectivity index (χ0) is 24.2. The van der Waals surface area contributed by atoms with Gasteiger partial charge in [0, 0.05) is 25.8 Å². The van der Waals surface area contributed by atoms with Crippen molar-refractivity contribution in [1.29, 1.82) is 0 Å². The van der Waals surface area contributed by atoms with Crippen LogP contribution in [0.5, 0.6) is 5.75 Å². The Labute approximate surface area is 202 Å². The van der Waals surface area contributed by atoms with E-state index in [1.807, 2.05) is 30.3 Å². The van der Waals surface area contributed by atoms with Gasteiger partial charge in [0.2, 0.25) is 5.78 Å². The van der Waals surface area contributed by atoms with E-state index in [9.17, 15) is 14.7 Å². The van der Waals surface area contributed by atoms with Crippen molar-refractivity contribution in [3.8, 4) is 16.3 Å². The normalized spacial score (nSPS) is 15.8. The Morgan fingerprint density at radius 1 is 1.12 bits per heavy atom. The number of nitrogens with zero attached hydrogens (tertiary/aromatic N) is 2. The molecule has 0 saturated carbocycles. The number of aromatic nitrogens is 1. The molecule has 1 aliphatic heterocycles. The first kappa shape index (κ1) is 23.7. The highest BCUT2D eigenvalue weighted by Crippen LogP contribution is 2.41. The van der Waals surface area contributed by atoms with E-state index in [1.165, 1.54) is 16.2 Å².